The molecule has 0 aliphatic rings. The third-order valence-corrected chi connectivity index (χ3v) is 3.51. The molecule has 0 fully saturated rings. The van der Waals surface area contributed by atoms with Crippen LogP contribution in [0.3, 0.4) is 0 Å². The monoisotopic (exact) mass is 332 g/mol. The van der Waals surface area contributed by atoms with Crippen molar-refractivity contribution in [1.82, 2.24) is 9.55 Å². The van der Waals surface area contributed by atoms with E-state index in [2.05, 4.69) is 4.98 Å². The number of nitrogens with zero attached hydrogens (tertiary/aromatic N) is 2. The Morgan fingerprint density at radius 2 is 2.24 bits per heavy atom. The molecule has 114 valence electrons. The Bertz CT molecular complexity index is 658. The SMILES string of the molecule is CCOC(=O)CCn1c(CCCl)nc2cc(F)c(Cl)cc21. The third-order valence-electron chi connectivity index (χ3n) is 3.03. The van der Waals surface area contributed by atoms with Gasteiger partial charge < -0.3 is 9.30 Å². The van der Waals surface area contributed by atoms with Gasteiger partial charge in [-0.3, -0.25) is 4.79 Å². The molecule has 0 saturated carbocycles. The van der Waals surface area contributed by atoms with Gasteiger partial charge in [-0.2, -0.15) is 0 Å². The minimum Gasteiger partial charge on any atom is -0.466 e. The molecule has 4 nitrogen and oxygen atoms in total. The predicted octanol–water partition coefficient (Wildman–Crippen LogP) is 3.56. The van der Waals surface area contributed by atoms with E-state index < -0.39 is 5.82 Å². The van der Waals surface area contributed by atoms with Crippen LogP contribution in [0.15, 0.2) is 12.1 Å². The summed E-state index contributed by atoms with van der Waals surface area (Å²) in [7, 11) is 0. The molecule has 0 spiro atoms. The van der Waals surface area contributed by atoms with Crippen molar-refractivity contribution in [2.75, 3.05) is 12.5 Å². The van der Waals surface area contributed by atoms with Crippen molar-refractivity contribution < 1.29 is 13.9 Å². The van der Waals surface area contributed by atoms with Crippen LogP contribution in [0.1, 0.15) is 19.2 Å². The van der Waals surface area contributed by atoms with E-state index in [0.717, 1.165) is 0 Å². The van der Waals surface area contributed by atoms with E-state index in [1.54, 1.807) is 6.92 Å². The molecule has 0 unspecified atom stereocenters. The van der Waals surface area contributed by atoms with Crippen LogP contribution in [0.25, 0.3) is 11.0 Å². The molecule has 1 heterocycles. The van der Waals surface area contributed by atoms with Gasteiger partial charge in [-0.1, -0.05) is 11.6 Å². The lowest BCUT2D eigenvalue weighted by atomic mass is 10.3. The van der Waals surface area contributed by atoms with Crippen molar-refractivity contribution >= 4 is 40.2 Å². The Morgan fingerprint density at radius 1 is 1.48 bits per heavy atom. The number of esters is 1. The summed E-state index contributed by atoms with van der Waals surface area (Å²) in [6.07, 6.45) is 0.738. The number of carbonyl (C=O) groups excluding carboxylic acids is 1. The molecule has 0 bridgehead atoms. The molecule has 0 amide bonds. The maximum atomic E-state index is 13.5. The van der Waals surface area contributed by atoms with E-state index in [4.69, 9.17) is 27.9 Å². The molecule has 1 aromatic heterocycles. The summed E-state index contributed by atoms with van der Waals surface area (Å²) < 4.78 is 20.3. The Hall–Kier alpha value is -1.33. The summed E-state index contributed by atoms with van der Waals surface area (Å²) in [6, 6.07) is 2.80. The Morgan fingerprint density at radius 3 is 2.90 bits per heavy atom. The van der Waals surface area contributed by atoms with Gasteiger partial charge in [0.1, 0.15) is 11.6 Å². The molecular formula is C14H15Cl2FN2O2. The minimum atomic E-state index is -0.517. The first-order valence-electron chi connectivity index (χ1n) is 6.62. The smallest absolute Gasteiger partial charge is 0.307 e. The van der Waals surface area contributed by atoms with Crippen molar-refractivity contribution in [2.24, 2.45) is 0 Å². The summed E-state index contributed by atoms with van der Waals surface area (Å²) in [6.45, 7) is 2.49. The fourth-order valence-electron chi connectivity index (χ4n) is 2.13. The van der Waals surface area contributed by atoms with Crippen LogP contribution in [0, 0.1) is 5.82 Å². The molecule has 0 aliphatic carbocycles. The second kappa shape index (κ2) is 7.09. The molecule has 0 aliphatic heterocycles. The number of hydrogen-bond donors (Lipinski definition) is 0. The highest BCUT2D eigenvalue weighted by Gasteiger charge is 2.14. The van der Waals surface area contributed by atoms with E-state index in [9.17, 15) is 9.18 Å². The lowest BCUT2D eigenvalue weighted by Crippen LogP contribution is -2.11. The molecule has 0 atom stereocenters. The molecule has 7 heteroatoms. The van der Waals surface area contributed by atoms with Crippen molar-refractivity contribution in [2.45, 2.75) is 26.3 Å². The number of rotatable bonds is 6. The Kier molecular flexibility index (Phi) is 5.42. The number of ether oxygens (including phenoxy) is 1. The first kappa shape index (κ1) is 16.0. The van der Waals surface area contributed by atoms with Crippen LogP contribution in [0.5, 0.6) is 0 Å². The average molecular weight is 333 g/mol. The molecule has 2 aromatic rings. The van der Waals surface area contributed by atoms with Crippen LogP contribution < -0.4 is 0 Å². The maximum absolute atomic E-state index is 13.5. The van der Waals surface area contributed by atoms with Crippen LogP contribution in [0.4, 0.5) is 4.39 Å². The summed E-state index contributed by atoms with van der Waals surface area (Å²) in [4.78, 5) is 15.9. The lowest BCUT2D eigenvalue weighted by Gasteiger charge is -2.08. The largest absolute Gasteiger partial charge is 0.466 e. The van der Waals surface area contributed by atoms with Crippen molar-refractivity contribution in [3.63, 3.8) is 0 Å². The van der Waals surface area contributed by atoms with Crippen LogP contribution in [0.2, 0.25) is 5.02 Å². The fraction of sp³-hybridized carbons (Fsp3) is 0.429. The number of hydrogen-bond acceptors (Lipinski definition) is 3. The zero-order valence-corrected chi connectivity index (χ0v) is 13.0. The second-order valence-corrected chi connectivity index (χ2v) is 5.21. The Labute approximate surface area is 131 Å². The van der Waals surface area contributed by atoms with Gasteiger partial charge in [-0.15, -0.1) is 11.6 Å². The number of aryl methyl sites for hydroxylation is 2. The van der Waals surface area contributed by atoms with Gasteiger partial charge >= 0.3 is 5.97 Å². The molecule has 1 aromatic carbocycles. The number of fused-ring (bicyclic) bond motifs is 1. The molecule has 0 N–H and O–H groups in total. The standard InChI is InChI=1S/C14H15Cl2FN2O2/c1-2-21-14(20)4-6-19-12-7-9(16)10(17)8-11(12)18-13(19)3-5-15/h7-8H,2-6H2,1H3. The number of halogens is 3. The van der Waals surface area contributed by atoms with Gasteiger partial charge in [-0.25, -0.2) is 9.37 Å². The summed E-state index contributed by atoms with van der Waals surface area (Å²) in [5, 5.41) is 0.0252. The topological polar surface area (TPSA) is 44.1 Å². The summed E-state index contributed by atoms with van der Waals surface area (Å²) in [5.41, 5.74) is 1.19. The number of benzene rings is 1. The highest BCUT2D eigenvalue weighted by atomic mass is 35.5. The van der Waals surface area contributed by atoms with E-state index >= 15 is 0 Å². The highest BCUT2D eigenvalue weighted by molar-refractivity contribution is 6.31. The van der Waals surface area contributed by atoms with Gasteiger partial charge in [0.15, 0.2) is 0 Å². The quantitative estimate of drug-likeness (QED) is 0.600. The zero-order chi connectivity index (χ0) is 15.4. The van der Waals surface area contributed by atoms with Crippen LogP contribution in [-0.4, -0.2) is 28.0 Å². The van der Waals surface area contributed by atoms with Gasteiger partial charge in [0, 0.05) is 24.9 Å². The molecule has 0 radical (unpaired) electrons. The molecule has 21 heavy (non-hydrogen) atoms. The first-order chi connectivity index (χ1) is 10.1. The van der Waals surface area contributed by atoms with E-state index in [1.165, 1.54) is 12.1 Å². The van der Waals surface area contributed by atoms with Gasteiger partial charge in [-0.05, 0) is 13.0 Å². The fourth-order valence-corrected chi connectivity index (χ4v) is 2.46. The first-order valence-corrected chi connectivity index (χ1v) is 7.53. The number of alkyl halides is 1. The van der Waals surface area contributed by atoms with Crippen molar-refractivity contribution in [3.05, 3.63) is 28.8 Å². The van der Waals surface area contributed by atoms with Crippen molar-refractivity contribution in [1.29, 1.82) is 0 Å². The lowest BCUT2D eigenvalue weighted by molar-refractivity contribution is -0.143. The number of imidazole rings is 1. The Balaban J connectivity index is 2.36. The third kappa shape index (κ3) is 3.66. The van der Waals surface area contributed by atoms with Crippen LogP contribution >= 0.6 is 23.2 Å². The van der Waals surface area contributed by atoms with Gasteiger partial charge in [0.25, 0.3) is 0 Å². The normalized spacial score (nSPS) is 11.0. The molecule has 0 saturated heterocycles. The van der Waals surface area contributed by atoms with Crippen molar-refractivity contribution in [3.8, 4) is 0 Å². The van der Waals surface area contributed by atoms with E-state index in [-0.39, 0.29) is 17.4 Å². The van der Waals surface area contributed by atoms with E-state index in [0.29, 0.717) is 42.3 Å². The number of carbonyl (C=O) groups is 1. The summed E-state index contributed by atoms with van der Waals surface area (Å²) >= 11 is 11.6. The predicted molar refractivity (Wildman–Crippen MR) is 80.4 cm³/mol. The van der Waals surface area contributed by atoms with Gasteiger partial charge in [0.05, 0.1) is 29.1 Å². The zero-order valence-electron chi connectivity index (χ0n) is 11.5. The minimum absolute atomic E-state index is 0.0252. The van der Waals surface area contributed by atoms with E-state index in [1.807, 2.05) is 4.57 Å². The van der Waals surface area contributed by atoms with Crippen LogP contribution in [-0.2, 0) is 22.5 Å². The molecule has 2 rings (SSSR count). The maximum Gasteiger partial charge on any atom is 0.307 e. The molecular weight excluding hydrogens is 318 g/mol. The van der Waals surface area contributed by atoms with Gasteiger partial charge in [0.2, 0.25) is 0 Å². The highest BCUT2D eigenvalue weighted by Crippen LogP contribution is 2.24. The second-order valence-electron chi connectivity index (χ2n) is 4.43. The summed E-state index contributed by atoms with van der Waals surface area (Å²) in [5.74, 6) is 0.283. The number of aromatic nitrogens is 2. The average Bonchev–Trinajstić information content (AvgIpc) is 2.75.